The van der Waals surface area contributed by atoms with Gasteiger partial charge >= 0.3 is 12.0 Å². The third-order valence-corrected chi connectivity index (χ3v) is 5.53. The van der Waals surface area contributed by atoms with Crippen LogP contribution in [0.1, 0.15) is 17.3 Å². The topological polar surface area (TPSA) is 85.7 Å². The van der Waals surface area contributed by atoms with Crippen LogP contribution in [0.25, 0.3) is 0 Å². The Morgan fingerprint density at radius 3 is 2.59 bits per heavy atom. The van der Waals surface area contributed by atoms with Crippen molar-refractivity contribution in [1.29, 1.82) is 0 Å². The van der Waals surface area contributed by atoms with Crippen molar-refractivity contribution in [2.45, 2.75) is 17.9 Å². The summed E-state index contributed by atoms with van der Waals surface area (Å²) in [7, 11) is 3.16. The van der Waals surface area contributed by atoms with Gasteiger partial charge in [-0.05, 0) is 26.1 Å². The molecule has 2 unspecified atom stereocenters. The van der Waals surface area contributed by atoms with Crippen LogP contribution in [-0.4, -0.2) is 64.4 Å². The van der Waals surface area contributed by atoms with Gasteiger partial charge in [0.1, 0.15) is 23.4 Å². The van der Waals surface area contributed by atoms with Crippen molar-refractivity contribution in [2.24, 2.45) is 5.16 Å². The lowest BCUT2D eigenvalue weighted by molar-refractivity contribution is 0.0561. The number of carbonyl (C=O) groups excluding carboxylic acids is 2. The number of rotatable bonds is 4. The molecule has 1 saturated heterocycles. The summed E-state index contributed by atoms with van der Waals surface area (Å²) >= 11 is 14.6. The Bertz CT molecular complexity index is 797. The zero-order valence-corrected chi connectivity index (χ0v) is 17.2. The summed E-state index contributed by atoms with van der Waals surface area (Å²) in [5.41, 5.74) is -1.57. The van der Waals surface area contributed by atoms with Crippen LogP contribution in [0.5, 0.6) is 0 Å². The Balaban J connectivity index is 2.43. The third-order valence-electron chi connectivity index (χ3n) is 3.91. The molecule has 1 aliphatic rings. The molecule has 1 aliphatic heterocycles. The smallest absolute Gasteiger partial charge is 0.340 e. The molecule has 2 amide bonds. The van der Waals surface area contributed by atoms with Crippen LogP contribution in [0.3, 0.4) is 0 Å². The van der Waals surface area contributed by atoms with E-state index >= 15 is 0 Å². The summed E-state index contributed by atoms with van der Waals surface area (Å²) in [5, 5.41) is 11.3. The Morgan fingerprint density at radius 2 is 2.00 bits per heavy atom. The Hall–Kier alpha value is -1.69. The number of ether oxygens (including phenoxy) is 1. The Labute approximate surface area is 171 Å². The van der Waals surface area contributed by atoms with E-state index in [2.05, 4.69) is 30.4 Å². The first-order valence-electron chi connectivity index (χ1n) is 7.58. The number of hydrogen-bond acceptors (Lipinski definition) is 8. The van der Waals surface area contributed by atoms with Gasteiger partial charge in [0.15, 0.2) is 0 Å². The zero-order valence-electron chi connectivity index (χ0n) is 14.6. The van der Waals surface area contributed by atoms with E-state index in [1.807, 2.05) is 0 Å². The molecule has 0 aliphatic carbocycles. The van der Waals surface area contributed by atoms with Gasteiger partial charge in [-0.1, -0.05) is 16.8 Å². The molecule has 2 atom stereocenters. The molecule has 1 aromatic rings. The molecule has 2 rings (SSSR count). The summed E-state index contributed by atoms with van der Waals surface area (Å²) in [6.45, 7) is 1.17. The summed E-state index contributed by atoms with van der Waals surface area (Å²) in [4.78, 5) is 28.8. The molecular weight excluding hydrogens is 419 g/mol. The van der Waals surface area contributed by atoms with Crippen LogP contribution in [-0.2, 0) is 4.74 Å². The summed E-state index contributed by atoms with van der Waals surface area (Å²) in [5.74, 6) is -1.67. The second-order valence-corrected chi connectivity index (χ2v) is 7.15. The SMILES string of the molecule is CC(COC(=O)c1cc(N2C(=O)N(C)C(S)N(C)C2S)c(F)cc1Cl)=NO. The predicted molar refractivity (Wildman–Crippen MR) is 106 cm³/mol. The molecule has 0 spiro atoms. The largest absolute Gasteiger partial charge is 0.456 e. The first-order chi connectivity index (χ1) is 12.6. The number of hydrogen-bond donors (Lipinski definition) is 3. The number of amides is 2. The fourth-order valence-corrected chi connectivity index (χ4v) is 3.23. The maximum Gasteiger partial charge on any atom is 0.340 e. The molecule has 1 heterocycles. The number of thiol groups is 2. The minimum atomic E-state index is -0.863. The number of esters is 1. The lowest BCUT2D eigenvalue weighted by atomic mass is 10.1. The lowest BCUT2D eigenvalue weighted by Gasteiger charge is -2.47. The van der Waals surface area contributed by atoms with Crippen LogP contribution >= 0.6 is 36.9 Å². The quantitative estimate of drug-likeness (QED) is 0.222. The molecule has 8 nitrogen and oxygen atoms in total. The highest BCUT2D eigenvalue weighted by molar-refractivity contribution is 7.81. The lowest BCUT2D eigenvalue weighted by Crippen LogP contribution is -2.63. The number of halogens is 2. The van der Waals surface area contributed by atoms with Crippen LogP contribution in [0, 0.1) is 5.82 Å². The highest BCUT2D eigenvalue weighted by Gasteiger charge is 2.40. The number of nitrogens with zero attached hydrogens (tertiary/aromatic N) is 4. The second kappa shape index (κ2) is 8.55. The molecule has 12 heteroatoms. The minimum Gasteiger partial charge on any atom is -0.456 e. The number of anilines is 1. The summed E-state index contributed by atoms with van der Waals surface area (Å²) < 4.78 is 19.5. The number of urea groups is 1. The standard InChI is InChI=1S/C15H18ClFN4O4S2/c1-7(18-24)6-25-12(22)8-4-11(10(17)5-9(8)16)21-13(23)19(2)14(26)20(3)15(21)27/h4-5,14-15,24,26-27H,6H2,1-3H3. The van der Waals surface area contributed by atoms with Crippen LogP contribution in [0.4, 0.5) is 14.9 Å². The van der Waals surface area contributed by atoms with Gasteiger partial charge in [-0.2, -0.15) is 0 Å². The zero-order chi connectivity index (χ0) is 20.5. The Kier molecular flexibility index (Phi) is 6.84. The van der Waals surface area contributed by atoms with Crippen molar-refractivity contribution >= 4 is 60.3 Å². The van der Waals surface area contributed by atoms with Crippen molar-refractivity contribution in [2.75, 3.05) is 25.6 Å². The second-order valence-electron chi connectivity index (χ2n) is 5.82. The molecule has 0 aromatic heterocycles. The molecule has 27 heavy (non-hydrogen) atoms. The molecule has 1 N–H and O–H groups in total. The van der Waals surface area contributed by atoms with Crippen molar-refractivity contribution in [3.05, 3.63) is 28.5 Å². The normalized spacial score (nSPS) is 21.6. The molecule has 0 radical (unpaired) electrons. The van der Waals surface area contributed by atoms with Crippen molar-refractivity contribution < 1.29 is 23.9 Å². The van der Waals surface area contributed by atoms with Crippen molar-refractivity contribution in [1.82, 2.24) is 9.80 Å². The van der Waals surface area contributed by atoms with E-state index in [0.29, 0.717) is 0 Å². The maximum atomic E-state index is 14.6. The van der Waals surface area contributed by atoms with Gasteiger partial charge in [0.2, 0.25) is 0 Å². The average Bonchev–Trinajstić information content (AvgIpc) is 2.64. The molecule has 148 valence electrons. The van der Waals surface area contributed by atoms with Crippen LogP contribution in [0.2, 0.25) is 5.02 Å². The first kappa shape index (κ1) is 21.6. The monoisotopic (exact) mass is 436 g/mol. The molecular formula is C15H18ClFN4O4S2. The Morgan fingerprint density at radius 1 is 1.37 bits per heavy atom. The highest BCUT2D eigenvalue weighted by Crippen LogP contribution is 2.34. The molecule has 1 aromatic carbocycles. The van der Waals surface area contributed by atoms with E-state index in [1.54, 1.807) is 11.9 Å². The fraction of sp³-hybridized carbons (Fsp3) is 0.400. The van der Waals surface area contributed by atoms with Gasteiger partial charge in [0.25, 0.3) is 0 Å². The van der Waals surface area contributed by atoms with Crippen LogP contribution < -0.4 is 4.90 Å². The van der Waals surface area contributed by atoms with E-state index in [9.17, 15) is 14.0 Å². The van der Waals surface area contributed by atoms with Gasteiger partial charge < -0.3 is 14.8 Å². The van der Waals surface area contributed by atoms with Crippen molar-refractivity contribution in [3.63, 3.8) is 0 Å². The number of benzene rings is 1. The number of carbonyl (C=O) groups is 2. The highest BCUT2D eigenvalue weighted by atomic mass is 35.5. The van der Waals surface area contributed by atoms with E-state index < -0.39 is 28.8 Å². The molecule has 1 fully saturated rings. The average molecular weight is 437 g/mol. The fourth-order valence-electron chi connectivity index (χ4n) is 2.32. The minimum absolute atomic E-state index is 0.148. The predicted octanol–water partition coefficient (Wildman–Crippen LogP) is 2.72. The van der Waals surface area contributed by atoms with Gasteiger partial charge in [-0.25, -0.2) is 18.9 Å². The summed E-state index contributed by atoms with van der Waals surface area (Å²) in [6.07, 6.45) is 0. The summed E-state index contributed by atoms with van der Waals surface area (Å²) in [6, 6.07) is 1.48. The van der Waals surface area contributed by atoms with Gasteiger partial charge in [-0.3, -0.25) is 4.90 Å². The van der Waals surface area contributed by atoms with Gasteiger partial charge in [0.05, 0.1) is 22.0 Å². The van der Waals surface area contributed by atoms with Gasteiger partial charge in [-0.15, -0.1) is 25.3 Å². The van der Waals surface area contributed by atoms with E-state index in [-0.39, 0.29) is 28.6 Å². The first-order valence-corrected chi connectivity index (χ1v) is 8.99. The molecule has 0 saturated carbocycles. The van der Waals surface area contributed by atoms with E-state index in [0.717, 1.165) is 17.0 Å². The van der Waals surface area contributed by atoms with Crippen LogP contribution in [0.15, 0.2) is 17.3 Å². The van der Waals surface area contributed by atoms with E-state index in [1.165, 1.54) is 18.9 Å². The molecule has 0 bridgehead atoms. The van der Waals surface area contributed by atoms with E-state index in [4.69, 9.17) is 21.5 Å². The van der Waals surface area contributed by atoms with Gasteiger partial charge in [0, 0.05) is 7.05 Å². The van der Waals surface area contributed by atoms with Crippen molar-refractivity contribution in [3.8, 4) is 0 Å². The maximum absolute atomic E-state index is 14.6. The number of oxime groups is 1. The third kappa shape index (κ3) is 4.26.